The number of nitrogen functional groups attached to an aromatic ring is 1. The minimum Gasteiger partial charge on any atom is -0.493 e. The van der Waals surface area contributed by atoms with Crippen molar-refractivity contribution in [2.75, 3.05) is 37.9 Å². The number of aromatic nitrogens is 2. The lowest BCUT2D eigenvalue weighted by Crippen LogP contribution is -2.27. The van der Waals surface area contributed by atoms with Crippen molar-refractivity contribution in [3.63, 3.8) is 0 Å². The Balaban J connectivity index is 0.00000225. The Morgan fingerprint density at radius 3 is 2.16 bits per heavy atom. The first-order valence-corrected chi connectivity index (χ1v) is 8.67. The van der Waals surface area contributed by atoms with Gasteiger partial charge in [-0.15, -0.1) is 12.4 Å². The zero-order valence-corrected chi connectivity index (χ0v) is 15.8. The standard InChI is InChI=1S/C18H26N4O2.ClH/c1-23-14-10-9-13-15(16(14)24-2)20-18(21-17(13)19)22-11-7-5-3-4-6-8-12-22;/h9-10H,3-8,11-12H2,1-2H3,(H2,19,20,21);1H. The lowest BCUT2D eigenvalue weighted by Gasteiger charge is -2.23. The molecule has 1 saturated heterocycles. The van der Waals surface area contributed by atoms with Crippen LogP contribution < -0.4 is 20.1 Å². The molecule has 0 atom stereocenters. The van der Waals surface area contributed by atoms with Gasteiger partial charge in [0.25, 0.3) is 0 Å². The van der Waals surface area contributed by atoms with Crippen LogP contribution in [-0.4, -0.2) is 37.3 Å². The van der Waals surface area contributed by atoms with E-state index in [2.05, 4.69) is 9.88 Å². The molecule has 7 heteroatoms. The van der Waals surface area contributed by atoms with Crippen LogP contribution in [0.25, 0.3) is 10.9 Å². The minimum atomic E-state index is 0. The monoisotopic (exact) mass is 366 g/mol. The van der Waals surface area contributed by atoms with E-state index in [1.54, 1.807) is 14.2 Å². The average molecular weight is 367 g/mol. The first-order chi connectivity index (χ1) is 11.7. The number of fused-ring (bicyclic) bond motifs is 1. The van der Waals surface area contributed by atoms with Crippen molar-refractivity contribution in [1.29, 1.82) is 0 Å². The summed E-state index contributed by atoms with van der Waals surface area (Å²) in [6.07, 6.45) is 7.49. The largest absolute Gasteiger partial charge is 0.493 e. The van der Waals surface area contributed by atoms with E-state index in [0.29, 0.717) is 28.8 Å². The summed E-state index contributed by atoms with van der Waals surface area (Å²) in [4.78, 5) is 11.6. The van der Waals surface area contributed by atoms with Gasteiger partial charge in [-0.05, 0) is 25.0 Å². The number of hydrogen-bond donors (Lipinski definition) is 1. The summed E-state index contributed by atoms with van der Waals surface area (Å²) in [6.45, 7) is 1.94. The molecule has 2 heterocycles. The molecular weight excluding hydrogens is 340 g/mol. The predicted octanol–water partition coefficient (Wildman–Crippen LogP) is 3.81. The average Bonchev–Trinajstić information content (AvgIpc) is 2.74. The van der Waals surface area contributed by atoms with E-state index >= 15 is 0 Å². The molecule has 1 aliphatic heterocycles. The van der Waals surface area contributed by atoms with Crippen molar-refractivity contribution < 1.29 is 9.47 Å². The van der Waals surface area contributed by atoms with Gasteiger partial charge in [0.1, 0.15) is 11.3 Å². The van der Waals surface area contributed by atoms with Gasteiger partial charge < -0.3 is 20.1 Å². The Morgan fingerprint density at radius 1 is 0.920 bits per heavy atom. The molecule has 6 nitrogen and oxygen atoms in total. The summed E-state index contributed by atoms with van der Waals surface area (Å²) in [5, 5.41) is 0.792. The number of benzene rings is 1. The lowest BCUT2D eigenvalue weighted by molar-refractivity contribution is 0.358. The number of ether oxygens (including phenoxy) is 2. The van der Waals surface area contributed by atoms with Gasteiger partial charge in [-0.2, -0.15) is 4.98 Å². The van der Waals surface area contributed by atoms with Crippen LogP contribution in [0.3, 0.4) is 0 Å². The van der Waals surface area contributed by atoms with Crippen molar-refractivity contribution in [2.24, 2.45) is 0 Å². The molecule has 0 bridgehead atoms. The van der Waals surface area contributed by atoms with E-state index in [1.165, 1.54) is 25.7 Å². The van der Waals surface area contributed by atoms with Gasteiger partial charge in [-0.3, -0.25) is 0 Å². The molecule has 0 unspecified atom stereocenters. The molecule has 0 saturated carbocycles. The molecule has 2 aromatic rings. The minimum absolute atomic E-state index is 0. The van der Waals surface area contributed by atoms with E-state index < -0.39 is 0 Å². The maximum atomic E-state index is 6.21. The van der Waals surface area contributed by atoms with E-state index in [9.17, 15) is 0 Å². The second kappa shape index (κ2) is 8.94. The summed E-state index contributed by atoms with van der Waals surface area (Å²) in [5.74, 6) is 2.43. The molecule has 138 valence electrons. The van der Waals surface area contributed by atoms with E-state index in [4.69, 9.17) is 20.2 Å². The fourth-order valence-corrected chi connectivity index (χ4v) is 3.29. The summed E-state index contributed by atoms with van der Waals surface area (Å²) >= 11 is 0. The van der Waals surface area contributed by atoms with Crippen molar-refractivity contribution in [2.45, 2.75) is 38.5 Å². The highest BCUT2D eigenvalue weighted by atomic mass is 35.5. The van der Waals surface area contributed by atoms with Crippen LogP contribution >= 0.6 is 12.4 Å². The molecule has 0 radical (unpaired) electrons. The molecule has 1 fully saturated rings. The summed E-state index contributed by atoms with van der Waals surface area (Å²) < 4.78 is 10.9. The number of anilines is 2. The van der Waals surface area contributed by atoms with Crippen LogP contribution in [0.2, 0.25) is 0 Å². The van der Waals surface area contributed by atoms with Gasteiger partial charge in [0.15, 0.2) is 11.5 Å². The van der Waals surface area contributed by atoms with Crippen LogP contribution in [0.4, 0.5) is 11.8 Å². The van der Waals surface area contributed by atoms with E-state index in [0.717, 1.165) is 31.3 Å². The normalized spacial score (nSPS) is 15.7. The van der Waals surface area contributed by atoms with Crippen molar-refractivity contribution in [3.8, 4) is 11.5 Å². The van der Waals surface area contributed by atoms with E-state index in [1.807, 2.05) is 12.1 Å². The van der Waals surface area contributed by atoms with Crippen molar-refractivity contribution in [3.05, 3.63) is 12.1 Å². The zero-order chi connectivity index (χ0) is 16.9. The Kier molecular flexibility index (Phi) is 6.93. The molecule has 1 aromatic heterocycles. The van der Waals surface area contributed by atoms with Crippen LogP contribution in [-0.2, 0) is 0 Å². The maximum absolute atomic E-state index is 6.21. The van der Waals surface area contributed by atoms with Gasteiger partial charge in [0.05, 0.1) is 14.2 Å². The van der Waals surface area contributed by atoms with Gasteiger partial charge >= 0.3 is 0 Å². The van der Waals surface area contributed by atoms with Crippen LogP contribution in [0.1, 0.15) is 38.5 Å². The molecule has 1 aromatic carbocycles. The third kappa shape index (κ3) is 4.18. The van der Waals surface area contributed by atoms with Crippen molar-refractivity contribution >= 4 is 35.1 Å². The first-order valence-electron chi connectivity index (χ1n) is 8.67. The Labute approximate surface area is 155 Å². The molecule has 25 heavy (non-hydrogen) atoms. The third-order valence-corrected chi connectivity index (χ3v) is 4.62. The molecule has 3 rings (SSSR count). The highest BCUT2D eigenvalue weighted by Gasteiger charge is 2.18. The number of nitrogens with zero attached hydrogens (tertiary/aromatic N) is 3. The van der Waals surface area contributed by atoms with E-state index in [-0.39, 0.29) is 12.4 Å². The number of halogens is 1. The van der Waals surface area contributed by atoms with Gasteiger partial charge in [0.2, 0.25) is 5.95 Å². The topological polar surface area (TPSA) is 73.5 Å². The van der Waals surface area contributed by atoms with Crippen LogP contribution in [0.5, 0.6) is 11.5 Å². The fraction of sp³-hybridized carbons (Fsp3) is 0.556. The first kappa shape index (κ1) is 19.4. The molecule has 2 N–H and O–H groups in total. The van der Waals surface area contributed by atoms with Crippen LogP contribution in [0, 0.1) is 0 Å². The maximum Gasteiger partial charge on any atom is 0.228 e. The lowest BCUT2D eigenvalue weighted by atomic mass is 10.1. The zero-order valence-electron chi connectivity index (χ0n) is 15.0. The Morgan fingerprint density at radius 2 is 1.56 bits per heavy atom. The fourth-order valence-electron chi connectivity index (χ4n) is 3.29. The Hall–Kier alpha value is -1.95. The predicted molar refractivity (Wildman–Crippen MR) is 104 cm³/mol. The smallest absolute Gasteiger partial charge is 0.228 e. The third-order valence-electron chi connectivity index (χ3n) is 4.62. The van der Waals surface area contributed by atoms with Gasteiger partial charge in [0, 0.05) is 18.5 Å². The molecule has 0 aliphatic carbocycles. The molecular formula is C18H27ClN4O2. The van der Waals surface area contributed by atoms with Crippen molar-refractivity contribution in [1.82, 2.24) is 9.97 Å². The second-order valence-corrected chi connectivity index (χ2v) is 6.21. The highest BCUT2D eigenvalue weighted by Crippen LogP contribution is 2.36. The quantitative estimate of drug-likeness (QED) is 0.890. The number of methoxy groups -OCH3 is 2. The summed E-state index contributed by atoms with van der Waals surface area (Å²) in [6, 6.07) is 3.72. The second-order valence-electron chi connectivity index (χ2n) is 6.21. The number of hydrogen-bond acceptors (Lipinski definition) is 6. The van der Waals surface area contributed by atoms with Crippen LogP contribution in [0.15, 0.2) is 12.1 Å². The number of nitrogens with two attached hydrogens (primary N) is 1. The summed E-state index contributed by atoms with van der Waals surface area (Å²) in [5.41, 5.74) is 6.91. The molecule has 1 aliphatic rings. The summed E-state index contributed by atoms with van der Waals surface area (Å²) in [7, 11) is 3.24. The number of rotatable bonds is 3. The van der Waals surface area contributed by atoms with Gasteiger partial charge in [-0.25, -0.2) is 4.98 Å². The Bertz CT molecular complexity index is 701. The SMILES string of the molecule is COc1ccc2c(N)nc(N3CCCCCCCC3)nc2c1OC.Cl. The molecule has 0 amide bonds. The highest BCUT2D eigenvalue weighted by molar-refractivity contribution is 5.95. The van der Waals surface area contributed by atoms with Gasteiger partial charge in [-0.1, -0.05) is 25.7 Å². The molecule has 0 spiro atoms.